The lowest BCUT2D eigenvalue weighted by Gasteiger charge is -2.08. The van der Waals surface area contributed by atoms with E-state index in [1.165, 1.54) is 41.9 Å². The number of carbonyl (C=O) groups excluding carboxylic acids is 1. The molecule has 2 heterocycles. The number of rotatable bonds is 5. The largest absolute Gasteiger partial charge is 0.431 e. The van der Waals surface area contributed by atoms with Gasteiger partial charge >= 0.3 is 5.69 Å². The van der Waals surface area contributed by atoms with Crippen LogP contribution in [0.4, 0.5) is 10.1 Å². The Balaban J connectivity index is 1.84. The molecule has 0 atom stereocenters. The topological polar surface area (TPSA) is 95.2 Å². The Morgan fingerprint density at radius 1 is 1.14 bits per heavy atom. The minimum Gasteiger partial charge on any atom is -0.431 e. The van der Waals surface area contributed by atoms with Gasteiger partial charge < -0.3 is 4.74 Å². The molecule has 9 heteroatoms. The molecular weight excluding hydrogens is 385 g/mol. The third kappa shape index (κ3) is 3.19. The summed E-state index contributed by atoms with van der Waals surface area (Å²) < 4.78 is 19.0. The Morgan fingerprint density at radius 3 is 2.64 bits per heavy atom. The van der Waals surface area contributed by atoms with Crippen molar-refractivity contribution in [1.82, 2.24) is 9.97 Å². The van der Waals surface area contributed by atoms with E-state index in [2.05, 4.69) is 9.97 Å². The van der Waals surface area contributed by atoms with Crippen LogP contribution in [-0.2, 0) is 0 Å². The van der Waals surface area contributed by atoms with Gasteiger partial charge in [0.2, 0.25) is 11.6 Å². The van der Waals surface area contributed by atoms with Gasteiger partial charge in [0.15, 0.2) is 0 Å². The molecule has 0 saturated heterocycles. The van der Waals surface area contributed by atoms with Crippen molar-refractivity contribution in [1.29, 1.82) is 0 Å². The van der Waals surface area contributed by atoms with Gasteiger partial charge in [-0.1, -0.05) is 12.1 Å². The summed E-state index contributed by atoms with van der Waals surface area (Å²) in [7, 11) is 0. The van der Waals surface area contributed by atoms with Gasteiger partial charge in [0.1, 0.15) is 23.3 Å². The normalized spacial score (nSPS) is 10.8. The number of nitro groups is 1. The van der Waals surface area contributed by atoms with Gasteiger partial charge in [-0.15, -0.1) is 11.3 Å². The smallest absolute Gasteiger partial charge is 0.312 e. The van der Waals surface area contributed by atoms with Crippen LogP contribution < -0.4 is 4.74 Å². The number of halogens is 1. The zero-order valence-corrected chi connectivity index (χ0v) is 14.9. The first kappa shape index (κ1) is 17.7. The van der Waals surface area contributed by atoms with Crippen LogP contribution in [0.5, 0.6) is 11.6 Å². The highest BCUT2D eigenvalue weighted by Crippen LogP contribution is 2.40. The molecule has 2 aromatic carbocycles. The SMILES string of the molecule is O=Cc1ccc(Oc2ncnc3scc(-c4ccc(F)cc4)c23)c([N+](=O)[O-])c1. The maximum atomic E-state index is 13.3. The number of hydrogen-bond donors (Lipinski definition) is 0. The summed E-state index contributed by atoms with van der Waals surface area (Å²) in [6.45, 7) is 0. The Bertz CT molecular complexity index is 1210. The van der Waals surface area contributed by atoms with Gasteiger partial charge in [-0.2, -0.15) is 0 Å². The second-order valence-corrected chi connectivity index (χ2v) is 6.58. The molecule has 0 aliphatic heterocycles. The molecule has 7 nitrogen and oxygen atoms in total. The molecule has 0 radical (unpaired) electrons. The zero-order valence-electron chi connectivity index (χ0n) is 14.0. The molecule has 4 rings (SSSR count). The molecule has 2 aromatic heterocycles. The predicted octanol–water partition coefficient (Wildman–Crippen LogP) is 5.01. The molecule has 28 heavy (non-hydrogen) atoms. The third-order valence-corrected chi connectivity index (χ3v) is 4.90. The van der Waals surface area contributed by atoms with Crippen molar-refractivity contribution in [2.45, 2.75) is 0 Å². The Hall–Kier alpha value is -3.72. The summed E-state index contributed by atoms with van der Waals surface area (Å²) in [5.41, 5.74) is 1.27. The van der Waals surface area contributed by atoms with Crippen molar-refractivity contribution in [2.75, 3.05) is 0 Å². The number of aldehydes is 1. The first-order valence-electron chi connectivity index (χ1n) is 7.96. The Labute approximate surface area is 161 Å². The van der Waals surface area contributed by atoms with E-state index in [1.54, 1.807) is 12.1 Å². The van der Waals surface area contributed by atoms with Crippen LogP contribution in [0.2, 0.25) is 0 Å². The molecule has 0 N–H and O–H groups in total. The molecule has 0 aliphatic rings. The fraction of sp³-hybridized carbons (Fsp3) is 0. The molecule has 0 fully saturated rings. The van der Waals surface area contributed by atoms with Crippen molar-refractivity contribution >= 4 is 33.5 Å². The van der Waals surface area contributed by atoms with Gasteiger partial charge in [-0.05, 0) is 29.8 Å². The number of ether oxygens (including phenoxy) is 1. The number of nitrogens with zero attached hydrogens (tertiary/aromatic N) is 3. The van der Waals surface area contributed by atoms with Gasteiger partial charge in [0, 0.05) is 22.6 Å². The van der Waals surface area contributed by atoms with Gasteiger partial charge in [0.05, 0.1) is 10.3 Å². The highest BCUT2D eigenvalue weighted by atomic mass is 32.1. The van der Waals surface area contributed by atoms with Gasteiger partial charge in [-0.25, -0.2) is 14.4 Å². The summed E-state index contributed by atoms with van der Waals surface area (Å²) >= 11 is 1.35. The lowest BCUT2D eigenvalue weighted by molar-refractivity contribution is -0.385. The molecule has 0 amide bonds. The number of thiophene rings is 1. The molecule has 4 aromatic rings. The molecule has 0 unspecified atom stereocenters. The maximum Gasteiger partial charge on any atom is 0.312 e. The van der Waals surface area contributed by atoms with Crippen molar-refractivity contribution in [2.24, 2.45) is 0 Å². The summed E-state index contributed by atoms with van der Waals surface area (Å²) in [6, 6.07) is 9.82. The third-order valence-electron chi connectivity index (χ3n) is 4.01. The van der Waals surface area contributed by atoms with Crippen molar-refractivity contribution < 1.29 is 18.8 Å². The summed E-state index contributed by atoms with van der Waals surface area (Å²) in [6.07, 6.45) is 1.82. The van der Waals surface area contributed by atoms with Crippen molar-refractivity contribution in [3.05, 3.63) is 75.7 Å². The summed E-state index contributed by atoms with van der Waals surface area (Å²) in [4.78, 5) is 30.6. The minimum absolute atomic E-state index is 0.0492. The molecular formula is C19H10FN3O4S. The molecule has 0 bridgehead atoms. The Kier molecular flexibility index (Phi) is 4.50. The number of hydrogen-bond acceptors (Lipinski definition) is 7. The van der Waals surface area contributed by atoms with E-state index >= 15 is 0 Å². The minimum atomic E-state index is -0.630. The standard InChI is InChI=1S/C19H10FN3O4S/c20-13-4-2-12(3-5-13)14-9-28-19-17(14)18(21-10-22-19)27-16-6-1-11(8-24)7-15(16)23(25)26/h1-10H. The quantitative estimate of drug-likeness (QED) is 0.268. The second kappa shape index (κ2) is 7.12. The van der Waals surface area contributed by atoms with Crippen molar-refractivity contribution in [3.8, 4) is 22.8 Å². The zero-order chi connectivity index (χ0) is 19.7. The number of benzene rings is 2. The van der Waals surface area contributed by atoms with Crippen molar-refractivity contribution in [3.63, 3.8) is 0 Å². The van der Waals surface area contributed by atoms with Gasteiger partial charge in [0.25, 0.3) is 0 Å². The van der Waals surface area contributed by atoms with E-state index < -0.39 is 4.92 Å². The monoisotopic (exact) mass is 395 g/mol. The fourth-order valence-corrected chi connectivity index (χ4v) is 3.61. The van der Waals surface area contributed by atoms with Gasteiger partial charge in [-0.3, -0.25) is 14.9 Å². The summed E-state index contributed by atoms with van der Waals surface area (Å²) in [5, 5.41) is 13.8. The predicted molar refractivity (Wildman–Crippen MR) is 101 cm³/mol. The lowest BCUT2D eigenvalue weighted by Crippen LogP contribution is -1.97. The molecule has 0 aliphatic carbocycles. The average molecular weight is 395 g/mol. The number of aromatic nitrogens is 2. The van der Waals surface area contributed by atoms with Crippen LogP contribution in [0.3, 0.4) is 0 Å². The Morgan fingerprint density at radius 2 is 1.93 bits per heavy atom. The van der Waals surface area contributed by atoms with Crippen LogP contribution in [0.15, 0.2) is 54.2 Å². The highest BCUT2D eigenvalue weighted by Gasteiger charge is 2.20. The second-order valence-electron chi connectivity index (χ2n) is 5.72. The van der Waals surface area contributed by atoms with Crippen LogP contribution in [-0.4, -0.2) is 21.2 Å². The molecule has 138 valence electrons. The summed E-state index contributed by atoms with van der Waals surface area (Å²) in [5.74, 6) is -0.277. The number of fused-ring (bicyclic) bond motifs is 1. The van der Waals surface area contributed by atoms with Crippen LogP contribution in [0, 0.1) is 15.9 Å². The first-order chi connectivity index (χ1) is 13.6. The lowest BCUT2D eigenvalue weighted by atomic mass is 10.1. The maximum absolute atomic E-state index is 13.3. The van der Waals surface area contributed by atoms with Crippen LogP contribution in [0.25, 0.3) is 21.3 Å². The van der Waals surface area contributed by atoms with E-state index in [4.69, 9.17) is 4.74 Å². The van der Waals surface area contributed by atoms with E-state index in [0.29, 0.717) is 16.5 Å². The van der Waals surface area contributed by atoms with Crippen LogP contribution >= 0.6 is 11.3 Å². The molecule has 0 spiro atoms. The van der Waals surface area contributed by atoms with Crippen LogP contribution in [0.1, 0.15) is 10.4 Å². The average Bonchev–Trinajstić information content (AvgIpc) is 3.14. The van der Waals surface area contributed by atoms with E-state index in [0.717, 1.165) is 17.2 Å². The number of carbonyl (C=O) groups is 1. The van der Waals surface area contributed by atoms with E-state index in [9.17, 15) is 19.3 Å². The van der Waals surface area contributed by atoms with E-state index in [-0.39, 0.29) is 28.7 Å². The highest BCUT2D eigenvalue weighted by molar-refractivity contribution is 7.17. The van der Waals surface area contributed by atoms with E-state index in [1.807, 2.05) is 5.38 Å². The molecule has 0 saturated carbocycles. The first-order valence-corrected chi connectivity index (χ1v) is 8.84. The fourth-order valence-electron chi connectivity index (χ4n) is 2.71. The number of nitro benzene ring substituents is 1.